The van der Waals surface area contributed by atoms with E-state index in [1.807, 2.05) is 6.20 Å². The SMILES string of the molecule is CCNC(Cc1ccc(CC)cn1)c1cccc(C)c1Br. The summed E-state index contributed by atoms with van der Waals surface area (Å²) in [5.74, 6) is 0. The Bertz CT molecular complexity index is 578. The van der Waals surface area contributed by atoms with Crippen molar-refractivity contribution in [2.45, 2.75) is 39.7 Å². The molecule has 1 aromatic carbocycles. The predicted octanol–water partition coefficient (Wildman–Crippen LogP) is 4.61. The highest BCUT2D eigenvalue weighted by molar-refractivity contribution is 9.10. The van der Waals surface area contributed by atoms with Crippen LogP contribution in [0.15, 0.2) is 41.0 Å². The van der Waals surface area contributed by atoms with Gasteiger partial charge in [-0.25, -0.2) is 0 Å². The van der Waals surface area contributed by atoms with Crippen LogP contribution in [0.2, 0.25) is 0 Å². The standard InChI is InChI=1S/C18H23BrN2/c1-4-14-9-10-15(21-12-14)11-17(20-5-2)16-8-6-7-13(3)18(16)19/h6-10,12,17,20H,4-5,11H2,1-3H3. The molecule has 0 radical (unpaired) electrons. The number of pyridine rings is 1. The van der Waals surface area contributed by atoms with Crippen LogP contribution in [-0.4, -0.2) is 11.5 Å². The van der Waals surface area contributed by atoms with Crippen LogP contribution in [0.1, 0.15) is 42.3 Å². The van der Waals surface area contributed by atoms with Crippen LogP contribution in [-0.2, 0) is 12.8 Å². The number of hydrogen-bond donors (Lipinski definition) is 1. The normalized spacial score (nSPS) is 12.4. The summed E-state index contributed by atoms with van der Waals surface area (Å²) in [6.07, 6.45) is 3.93. The lowest BCUT2D eigenvalue weighted by molar-refractivity contribution is 0.541. The summed E-state index contributed by atoms with van der Waals surface area (Å²) >= 11 is 3.73. The molecule has 1 unspecified atom stereocenters. The first kappa shape index (κ1) is 16.2. The van der Waals surface area contributed by atoms with E-state index in [2.05, 4.69) is 77.3 Å². The first-order valence-corrected chi connectivity index (χ1v) is 8.37. The second kappa shape index (κ2) is 7.71. The van der Waals surface area contributed by atoms with E-state index in [0.29, 0.717) is 0 Å². The molecule has 2 rings (SSSR count). The van der Waals surface area contributed by atoms with Gasteiger partial charge in [0.25, 0.3) is 0 Å². The Labute approximate surface area is 136 Å². The van der Waals surface area contributed by atoms with Crippen molar-refractivity contribution in [3.63, 3.8) is 0 Å². The highest BCUT2D eigenvalue weighted by Gasteiger charge is 2.15. The quantitative estimate of drug-likeness (QED) is 0.826. The van der Waals surface area contributed by atoms with Crippen molar-refractivity contribution >= 4 is 15.9 Å². The smallest absolute Gasteiger partial charge is 0.0422 e. The van der Waals surface area contributed by atoms with Gasteiger partial charge in [-0.15, -0.1) is 0 Å². The Morgan fingerprint density at radius 2 is 2.00 bits per heavy atom. The molecule has 1 N–H and O–H groups in total. The van der Waals surface area contributed by atoms with Crippen molar-refractivity contribution in [1.29, 1.82) is 0 Å². The minimum absolute atomic E-state index is 0.282. The van der Waals surface area contributed by atoms with E-state index in [1.165, 1.54) is 21.2 Å². The van der Waals surface area contributed by atoms with Gasteiger partial charge in [-0.1, -0.05) is 54.0 Å². The summed E-state index contributed by atoms with van der Waals surface area (Å²) in [4.78, 5) is 4.59. The molecule has 1 atom stereocenters. The maximum absolute atomic E-state index is 4.59. The highest BCUT2D eigenvalue weighted by Crippen LogP contribution is 2.28. The minimum atomic E-state index is 0.282. The molecule has 3 heteroatoms. The van der Waals surface area contributed by atoms with Gasteiger partial charge in [0, 0.05) is 28.8 Å². The second-order valence-corrected chi connectivity index (χ2v) is 6.10. The van der Waals surface area contributed by atoms with E-state index < -0.39 is 0 Å². The fourth-order valence-corrected chi connectivity index (χ4v) is 3.01. The summed E-state index contributed by atoms with van der Waals surface area (Å²) in [6, 6.07) is 11.0. The topological polar surface area (TPSA) is 24.9 Å². The van der Waals surface area contributed by atoms with Crippen LogP contribution in [0.4, 0.5) is 0 Å². The fourth-order valence-electron chi connectivity index (χ4n) is 2.47. The van der Waals surface area contributed by atoms with Crippen molar-refractivity contribution in [2.24, 2.45) is 0 Å². The molecule has 0 bridgehead atoms. The number of halogens is 1. The molecule has 0 fully saturated rings. The molecule has 0 saturated carbocycles. The third-order valence-electron chi connectivity index (χ3n) is 3.76. The largest absolute Gasteiger partial charge is 0.310 e. The second-order valence-electron chi connectivity index (χ2n) is 5.30. The lowest BCUT2D eigenvalue weighted by Crippen LogP contribution is -2.24. The molecule has 0 spiro atoms. The molecule has 0 aliphatic heterocycles. The lowest BCUT2D eigenvalue weighted by atomic mass is 9.99. The number of rotatable bonds is 6. The molecule has 1 heterocycles. The third-order valence-corrected chi connectivity index (χ3v) is 4.84. The van der Waals surface area contributed by atoms with Gasteiger partial charge in [-0.05, 0) is 42.6 Å². The number of likely N-dealkylation sites (N-methyl/N-ethyl adjacent to an activating group) is 1. The maximum atomic E-state index is 4.59. The molecule has 112 valence electrons. The number of aryl methyl sites for hydroxylation is 2. The van der Waals surface area contributed by atoms with Crippen LogP contribution in [0.3, 0.4) is 0 Å². The van der Waals surface area contributed by atoms with E-state index in [-0.39, 0.29) is 6.04 Å². The first-order valence-electron chi connectivity index (χ1n) is 7.57. The summed E-state index contributed by atoms with van der Waals surface area (Å²) in [5, 5.41) is 3.57. The van der Waals surface area contributed by atoms with Gasteiger partial charge in [-0.3, -0.25) is 4.98 Å². The van der Waals surface area contributed by atoms with Crippen LogP contribution in [0, 0.1) is 6.92 Å². The molecule has 0 saturated heterocycles. The van der Waals surface area contributed by atoms with Gasteiger partial charge in [0.15, 0.2) is 0 Å². The van der Waals surface area contributed by atoms with Gasteiger partial charge in [0.2, 0.25) is 0 Å². The van der Waals surface area contributed by atoms with Crippen molar-refractivity contribution in [2.75, 3.05) is 6.54 Å². The van der Waals surface area contributed by atoms with Gasteiger partial charge in [0.1, 0.15) is 0 Å². The zero-order valence-electron chi connectivity index (χ0n) is 13.0. The Hall–Kier alpha value is -1.19. The van der Waals surface area contributed by atoms with E-state index in [1.54, 1.807) is 0 Å². The number of benzene rings is 1. The summed E-state index contributed by atoms with van der Waals surface area (Å²) in [6.45, 7) is 7.37. The molecule has 0 aliphatic carbocycles. The molecule has 21 heavy (non-hydrogen) atoms. The Balaban J connectivity index is 2.24. The van der Waals surface area contributed by atoms with Crippen LogP contribution in [0.5, 0.6) is 0 Å². The van der Waals surface area contributed by atoms with Crippen molar-refractivity contribution in [1.82, 2.24) is 10.3 Å². The fraction of sp³-hybridized carbons (Fsp3) is 0.389. The Morgan fingerprint density at radius 3 is 2.62 bits per heavy atom. The van der Waals surface area contributed by atoms with Crippen molar-refractivity contribution < 1.29 is 0 Å². The van der Waals surface area contributed by atoms with Crippen LogP contribution >= 0.6 is 15.9 Å². The third kappa shape index (κ3) is 4.14. The first-order chi connectivity index (χ1) is 10.2. The van der Waals surface area contributed by atoms with E-state index in [0.717, 1.165) is 25.1 Å². The van der Waals surface area contributed by atoms with Gasteiger partial charge in [0.05, 0.1) is 0 Å². The zero-order valence-corrected chi connectivity index (χ0v) is 14.6. The predicted molar refractivity (Wildman–Crippen MR) is 92.6 cm³/mol. The summed E-state index contributed by atoms with van der Waals surface area (Å²) in [5.41, 5.74) is 4.99. The number of hydrogen-bond acceptors (Lipinski definition) is 2. The molecule has 2 aromatic rings. The minimum Gasteiger partial charge on any atom is -0.310 e. The Morgan fingerprint density at radius 1 is 1.19 bits per heavy atom. The van der Waals surface area contributed by atoms with Crippen LogP contribution in [0.25, 0.3) is 0 Å². The highest BCUT2D eigenvalue weighted by atomic mass is 79.9. The van der Waals surface area contributed by atoms with E-state index >= 15 is 0 Å². The Kier molecular flexibility index (Phi) is 5.95. The van der Waals surface area contributed by atoms with Crippen molar-refractivity contribution in [3.05, 3.63) is 63.4 Å². The summed E-state index contributed by atoms with van der Waals surface area (Å²) < 4.78 is 1.20. The number of nitrogens with zero attached hydrogens (tertiary/aromatic N) is 1. The van der Waals surface area contributed by atoms with E-state index in [9.17, 15) is 0 Å². The molecular weight excluding hydrogens is 324 g/mol. The van der Waals surface area contributed by atoms with Gasteiger partial charge < -0.3 is 5.32 Å². The van der Waals surface area contributed by atoms with Crippen molar-refractivity contribution in [3.8, 4) is 0 Å². The van der Waals surface area contributed by atoms with E-state index in [4.69, 9.17) is 0 Å². The molecule has 0 aliphatic rings. The average Bonchev–Trinajstić information content (AvgIpc) is 2.50. The molecular formula is C18H23BrN2. The summed E-state index contributed by atoms with van der Waals surface area (Å²) in [7, 11) is 0. The number of aromatic nitrogens is 1. The van der Waals surface area contributed by atoms with Gasteiger partial charge >= 0.3 is 0 Å². The molecule has 0 amide bonds. The maximum Gasteiger partial charge on any atom is 0.0422 e. The van der Waals surface area contributed by atoms with Crippen LogP contribution < -0.4 is 5.32 Å². The van der Waals surface area contributed by atoms with Gasteiger partial charge in [-0.2, -0.15) is 0 Å². The molecule has 1 aromatic heterocycles. The number of nitrogens with one attached hydrogen (secondary N) is 1. The lowest BCUT2D eigenvalue weighted by Gasteiger charge is -2.20. The zero-order chi connectivity index (χ0) is 15.2. The monoisotopic (exact) mass is 346 g/mol. The average molecular weight is 347 g/mol. The molecule has 2 nitrogen and oxygen atoms in total.